The van der Waals surface area contributed by atoms with Crippen LogP contribution >= 0.6 is 0 Å². The fourth-order valence-corrected chi connectivity index (χ4v) is 1.25. The van der Waals surface area contributed by atoms with E-state index >= 15 is 0 Å². The third-order valence-electron chi connectivity index (χ3n) is 2.20. The maximum atomic E-state index is 11.7. The number of rotatable bonds is 10. The van der Waals surface area contributed by atoms with Crippen LogP contribution in [0.15, 0.2) is 0 Å². The van der Waals surface area contributed by atoms with Gasteiger partial charge < -0.3 is 14.2 Å². The molecule has 0 heterocycles. The fraction of sp³-hybridized carbons (Fsp3) is 0.923. The van der Waals surface area contributed by atoms with Gasteiger partial charge in [-0.3, -0.25) is 4.79 Å². The van der Waals surface area contributed by atoms with E-state index in [0.29, 0.717) is 19.8 Å². The maximum Gasteiger partial charge on any atom is 0.313 e. The van der Waals surface area contributed by atoms with Gasteiger partial charge >= 0.3 is 5.97 Å². The Morgan fingerprint density at radius 1 is 0.941 bits per heavy atom. The summed E-state index contributed by atoms with van der Waals surface area (Å²) < 4.78 is 16.2. The minimum atomic E-state index is -0.487. The third kappa shape index (κ3) is 7.34. The van der Waals surface area contributed by atoms with Crippen LogP contribution in [0.4, 0.5) is 0 Å². The SMILES string of the molecule is CCCOC(=O)C(C)C(OCCC)OCCC. The molecule has 0 N–H and O–H groups in total. The average Bonchev–Trinajstić information content (AvgIpc) is 2.35. The molecule has 4 heteroatoms. The second-order valence-electron chi connectivity index (χ2n) is 4.07. The molecule has 1 unspecified atom stereocenters. The molecule has 0 spiro atoms. The topological polar surface area (TPSA) is 44.8 Å². The second-order valence-corrected chi connectivity index (χ2v) is 4.07. The van der Waals surface area contributed by atoms with Crippen LogP contribution in [0.3, 0.4) is 0 Å². The molecule has 4 nitrogen and oxygen atoms in total. The Bertz CT molecular complexity index is 186. The molecule has 0 saturated carbocycles. The average molecular weight is 246 g/mol. The van der Waals surface area contributed by atoms with E-state index in [9.17, 15) is 4.79 Å². The minimum Gasteiger partial charge on any atom is -0.465 e. The molecule has 0 bridgehead atoms. The number of ether oxygens (including phenoxy) is 3. The van der Waals surface area contributed by atoms with Crippen molar-refractivity contribution < 1.29 is 19.0 Å². The highest BCUT2D eigenvalue weighted by molar-refractivity contribution is 5.72. The maximum absolute atomic E-state index is 11.7. The Morgan fingerprint density at radius 3 is 1.82 bits per heavy atom. The quantitative estimate of drug-likeness (QED) is 0.439. The van der Waals surface area contributed by atoms with Crippen molar-refractivity contribution in [2.24, 2.45) is 5.92 Å². The molecule has 102 valence electrons. The Hall–Kier alpha value is -0.610. The van der Waals surface area contributed by atoms with Crippen LogP contribution in [0.5, 0.6) is 0 Å². The van der Waals surface area contributed by atoms with E-state index in [1.54, 1.807) is 6.92 Å². The lowest BCUT2D eigenvalue weighted by molar-refractivity contribution is -0.189. The van der Waals surface area contributed by atoms with Crippen molar-refractivity contribution in [3.63, 3.8) is 0 Å². The van der Waals surface area contributed by atoms with Crippen LogP contribution in [-0.2, 0) is 19.0 Å². The fourth-order valence-electron chi connectivity index (χ4n) is 1.25. The van der Waals surface area contributed by atoms with Gasteiger partial charge in [0, 0.05) is 13.2 Å². The normalized spacial score (nSPS) is 12.8. The molecule has 1 atom stereocenters. The monoisotopic (exact) mass is 246 g/mol. The highest BCUT2D eigenvalue weighted by Gasteiger charge is 2.26. The summed E-state index contributed by atoms with van der Waals surface area (Å²) in [6, 6.07) is 0. The second kappa shape index (κ2) is 10.5. The van der Waals surface area contributed by atoms with Crippen molar-refractivity contribution in [3.8, 4) is 0 Å². The van der Waals surface area contributed by atoms with Crippen LogP contribution < -0.4 is 0 Å². The summed E-state index contributed by atoms with van der Waals surface area (Å²) >= 11 is 0. The third-order valence-corrected chi connectivity index (χ3v) is 2.20. The summed E-state index contributed by atoms with van der Waals surface area (Å²) in [6.07, 6.45) is 2.15. The summed E-state index contributed by atoms with van der Waals surface area (Å²) in [5.41, 5.74) is 0. The summed E-state index contributed by atoms with van der Waals surface area (Å²) in [6.45, 7) is 9.45. The van der Waals surface area contributed by atoms with Crippen LogP contribution in [-0.4, -0.2) is 32.1 Å². The van der Waals surface area contributed by atoms with Gasteiger partial charge in [-0.15, -0.1) is 0 Å². The highest BCUT2D eigenvalue weighted by Crippen LogP contribution is 2.12. The van der Waals surface area contributed by atoms with Crippen LogP contribution in [0.2, 0.25) is 0 Å². The lowest BCUT2D eigenvalue weighted by Crippen LogP contribution is -2.33. The molecule has 0 aromatic rings. The zero-order valence-electron chi connectivity index (χ0n) is 11.5. The number of carbonyl (C=O) groups is 1. The molecular formula is C13H26O4. The van der Waals surface area contributed by atoms with Gasteiger partial charge in [0.1, 0.15) is 5.92 Å². The first kappa shape index (κ1) is 16.4. The molecule has 0 rings (SSSR count). The molecule has 0 aliphatic heterocycles. The molecule has 0 saturated heterocycles. The predicted octanol–water partition coefficient (Wildman–Crippen LogP) is 2.76. The molecule has 0 aliphatic carbocycles. The number of carbonyl (C=O) groups excluding carboxylic acids is 1. The standard InChI is InChI=1S/C13H26O4/c1-5-8-15-12(14)11(4)13(16-9-6-2)17-10-7-3/h11,13H,5-10H2,1-4H3. The summed E-state index contributed by atoms with van der Waals surface area (Å²) in [7, 11) is 0. The molecule has 0 aromatic heterocycles. The zero-order valence-corrected chi connectivity index (χ0v) is 11.5. The van der Waals surface area contributed by atoms with Gasteiger partial charge in [0.05, 0.1) is 6.61 Å². The number of esters is 1. The van der Waals surface area contributed by atoms with Gasteiger partial charge in [-0.25, -0.2) is 0 Å². The largest absolute Gasteiger partial charge is 0.465 e. The van der Waals surface area contributed by atoms with Crippen molar-refractivity contribution in [2.45, 2.75) is 53.2 Å². The highest BCUT2D eigenvalue weighted by atomic mass is 16.7. The van der Waals surface area contributed by atoms with Crippen molar-refractivity contribution >= 4 is 5.97 Å². The lowest BCUT2D eigenvalue weighted by atomic mass is 10.2. The molecule has 0 fully saturated rings. The first-order valence-corrected chi connectivity index (χ1v) is 6.57. The molecule has 17 heavy (non-hydrogen) atoms. The minimum absolute atomic E-state index is 0.246. The van der Waals surface area contributed by atoms with E-state index in [-0.39, 0.29) is 11.9 Å². The first-order chi connectivity index (χ1) is 8.17. The van der Waals surface area contributed by atoms with E-state index < -0.39 is 6.29 Å². The predicted molar refractivity (Wildman–Crippen MR) is 66.7 cm³/mol. The molecule has 0 aliphatic rings. The van der Waals surface area contributed by atoms with Crippen molar-refractivity contribution in [3.05, 3.63) is 0 Å². The van der Waals surface area contributed by atoms with Crippen molar-refractivity contribution in [1.29, 1.82) is 0 Å². The molecule has 0 radical (unpaired) electrons. The van der Waals surface area contributed by atoms with Crippen molar-refractivity contribution in [1.82, 2.24) is 0 Å². The number of hydrogen-bond acceptors (Lipinski definition) is 4. The Morgan fingerprint density at radius 2 is 1.41 bits per heavy atom. The van der Waals surface area contributed by atoms with E-state index in [0.717, 1.165) is 19.3 Å². The van der Waals surface area contributed by atoms with Gasteiger partial charge in [0.2, 0.25) is 0 Å². The van der Waals surface area contributed by atoms with Gasteiger partial charge in [0.15, 0.2) is 6.29 Å². The van der Waals surface area contributed by atoms with Crippen LogP contribution in [0.1, 0.15) is 47.0 Å². The molecule has 0 amide bonds. The van der Waals surface area contributed by atoms with E-state index in [1.165, 1.54) is 0 Å². The Kier molecular flexibility index (Phi) is 10.2. The first-order valence-electron chi connectivity index (χ1n) is 6.57. The van der Waals surface area contributed by atoms with E-state index in [4.69, 9.17) is 14.2 Å². The summed E-state index contributed by atoms with van der Waals surface area (Å²) in [5, 5.41) is 0. The Balaban J connectivity index is 4.17. The van der Waals surface area contributed by atoms with Crippen molar-refractivity contribution in [2.75, 3.05) is 19.8 Å². The summed E-state index contributed by atoms with van der Waals surface area (Å²) in [5.74, 6) is -0.622. The molecule has 0 aromatic carbocycles. The van der Waals surface area contributed by atoms with Crippen LogP contribution in [0, 0.1) is 5.92 Å². The number of hydrogen-bond donors (Lipinski definition) is 0. The van der Waals surface area contributed by atoms with Gasteiger partial charge in [0.25, 0.3) is 0 Å². The molecular weight excluding hydrogens is 220 g/mol. The van der Waals surface area contributed by atoms with E-state index in [1.807, 2.05) is 20.8 Å². The van der Waals surface area contributed by atoms with Gasteiger partial charge in [-0.05, 0) is 26.2 Å². The summed E-state index contributed by atoms with van der Waals surface area (Å²) in [4.78, 5) is 11.7. The zero-order chi connectivity index (χ0) is 13.1. The van der Waals surface area contributed by atoms with E-state index in [2.05, 4.69) is 0 Å². The van der Waals surface area contributed by atoms with Gasteiger partial charge in [-0.2, -0.15) is 0 Å². The van der Waals surface area contributed by atoms with Crippen LogP contribution in [0.25, 0.3) is 0 Å². The lowest BCUT2D eigenvalue weighted by Gasteiger charge is -2.23. The Labute approximate surface area is 105 Å². The van der Waals surface area contributed by atoms with Gasteiger partial charge in [-0.1, -0.05) is 20.8 Å². The smallest absolute Gasteiger partial charge is 0.313 e.